The van der Waals surface area contributed by atoms with Gasteiger partial charge in [0, 0.05) is 81.8 Å². The second-order valence-corrected chi connectivity index (χ2v) is 27.4. The summed E-state index contributed by atoms with van der Waals surface area (Å²) in [6, 6.07) is 4.65. The molecule has 4 fully saturated rings. The number of phenolic OH excluding ortho intramolecular Hbond substituents is 1. The molecule has 0 aliphatic carbocycles. The number of nitrogens with one attached hydrogen (secondary N) is 5. The number of β-amino-alcohol motifs (C(OH)–C–C–N with tert-alkyl or cyclic N) is 1. The van der Waals surface area contributed by atoms with Crippen LogP contribution in [-0.2, 0) is 54.1 Å². The van der Waals surface area contributed by atoms with Gasteiger partial charge in [0.1, 0.15) is 58.1 Å². The van der Waals surface area contributed by atoms with Crippen molar-refractivity contribution in [2.45, 2.75) is 189 Å². The number of rotatable bonds is 26. The van der Waals surface area contributed by atoms with E-state index in [2.05, 4.69) is 46.2 Å². The lowest BCUT2D eigenvalue weighted by atomic mass is 9.98. The summed E-state index contributed by atoms with van der Waals surface area (Å²) in [5.74, 6) is -10.0. The number of benzene rings is 3. The molecular weight excluding hydrogens is 1360 g/mol. The zero-order valence-electron chi connectivity index (χ0n) is 56.4. The van der Waals surface area contributed by atoms with Gasteiger partial charge in [0.05, 0.1) is 43.2 Å². The predicted molar refractivity (Wildman–Crippen MR) is 363 cm³/mol. The van der Waals surface area contributed by atoms with Crippen LogP contribution in [0.2, 0.25) is 0 Å². The first-order valence-electron chi connectivity index (χ1n) is 33.9. The summed E-state index contributed by atoms with van der Waals surface area (Å²) in [7, 11) is 1.70. The van der Waals surface area contributed by atoms with Crippen LogP contribution in [0.25, 0.3) is 21.1 Å². The Morgan fingerprint density at radius 3 is 2.06 bits per heavy atom. The average molecular weight is 1450 g/mol. The Labute approximate surface area is 591 Å². The van der Waals surface area contributed by atoms with Crippen LogP contribution < -0.4 is 35.5 Å². The summed E-state index contributed by atoms with van der Waals surface area (Å²) in [5.41, 5.74) is 1.49. The third-order valence-electron chi connectivity index (χ3n) is 18.4. The predicted octanol–water partition coefficient (Wildman–Crippen LogP) is 1.36. The number of carboxylic acids is 1. The number of hydrogen-bond acceptors (Lipinski definition) is 26. The number of aliphatic hydroxyl groups excluding tert-OH is 6. The first-order chi connectivity index (χ1) is 48.5. The summed E-state index contributed by atoms with van der Waals surface area (Å²) in [6.45, 7) is 2.47. The number of unbranched alkanes of at least 4 members (excludes halogenated alkanes) is 4. The molecule has 4 saturated heterocycles. The maximum atomic E-state index is 15.3. The lowest BCUT2D eigenvalue weighted by Gasteiger charge is -2.35. The Balaban J connectivity index is 1.08. The van der Waals surface area contributed by atoms with Gasteiger partial charge < -0.3 is 90.9 Å². The number of methoxy groups -OCH3 is 1. The minimum absolute atomic E-state index is 0.00753. The largest absolute Gasteiger partial charge is 0.504 e. The molecule has 32 nitrogen and oxygen atoms in total. The molecule has 3 aromatic carbocycles. The van der Waals surface area contributed by atoms with Crippen LogP contribution in [-0.4, -0.2) is 250 Å². The fraction of sp³-hybridized carbons (Fsp3) is 0.582. The number of carbonyl (C=O) groups is 8. The second kappa shape index (κ2) is 38.5. The quantitative estimate of drug-likeness (QED) is 0.0183. The van der Waals surface area contributed by atoms with Gasteiger partial charge in [0.25, 0.3) is 18.2 Å². The zero-order chi connectivity index (χ0) is 72.9. The summed E-state index contributed by atoms with van der Waals surface area (Å²) in [6.07, 6.45) is -3.61. The molecule has 1 unspecified atom stereocenters. The van der Waals surface area contributed by atoms with Crippen molar-refractivity contribution in [2.75, 3.05) is 53.0 Å². The molecule has 34 heteroatoms. The minimum Gasteiger partial charge on any atom is -0.504 e. The number of amides is 7. The molecule has 554 valence electrons. The number of ether oxygens (including phenoxy) is 2. The van der Waals surface area contributed by atoms with Crippen molar-refractivity contribution in [3.05, 3.63) is 77.9 Å². The van der Waals surface area contributed by atoms with Crippen LogP contribution in [0.3, 0.4) is 0 Å². The van der Waals surface area contributed by atoms with E-state index in [-0.39, 0.29) is 55.1 Å². The number of carbonyl (C=O) groups excluding carboxylic acids is 7. The summed E-state index contributed by atoms with van der Waals surface area (Å²) in [5, 5.41) is 126. The average Bonchev–Trinajstić information content (AvgIpc) is 1.49. The number of aliphatic hydroxyl groups is 6. The fourth-order valence-electron chi connectivity index (χ4n) is 12.9. The van der Waals surface area contributed by atoms with Crippen molar-refractivity contribution in [1.82, 2.24) is 51.5 Å². The fourth-order valence-corrected chi connectivity index (χ4v) is 14.0. The standard InChI is InChI=1S/C67H92N10O22S2/c1-37-35-77-56(57(37)84)62(89)68-34-43(79)32-46(69-58(85)40-16-18-41(19-17-40)63-73-74-64(100-63)42-20-22-45(23-21-42)96-29-13-9-5-8-12-28-95-3)59(86)70-53(38(2)78)65(90)76-36-44(80)33-48(76)60(87)71-54(51(83)30-39-15-24-49(81)52(31-39)97-101-99-98-94)61(88)72-55(66(77)91)50(82)25-27-75-26-11-7-4-6-10-14-47(75)67(92)93/h15-24,31,37-38,43-44,46-48,50-51,53-57,78-84,94H,4-14,25-30,32-36H2,1-3H3,(H,68,89)(H,69,85)(H,70,86)(H,71,87)(H,72,88)(H,92,93)/t37-,38+,43+,44-,46+,47?,48+,50-,51-,53+,54+,55+,56+,57+/m1/s1. The van der Waals surface area contributed by atoms with Crippen molar-refractivity contribution in [3.8, 4) is 38.4 Å². The highest BCUT2D eigenvalue weighted by atomic mass is 32.2. The summed E-state index contributed by atoms with van der Waals surface area (Å²) >= 11 is 1.36. The Morgan fingerprint density at radius 1 is 0.733 bits per heavy atom. The molecule has 1 aromatic heterocycles. The number of aromatic nitrogens is 2. The van der Waals surface area contributed by atoms with Gasteiger partial charge >= 0.3 is 5.97 Å². The van der Waals surface area contributed by atoms with E-state index in [0.717, 1.165) is 86.3 Å². The normalized spacial score (nSPS) is 25.7. The van der Waals surface area contributed by atoms with Gasteiger partial charge in [-0.2, -0.15) is 0 Å². The summed E-state index contributed by atoms with van der Waals surface area (Å²) < 4.78 is 20.5. The molecule has 5 heterocycles. The van der Waals surface area contributed by atoms with Crippen LogP contribution >= 0.6 is 23.7 Å². The molecule has 8 rings (SSSR count). The van der Waals surface area contributed by atoms with Gasteiger partial charge in [-0.15, -0.1) is 10.2 Å². The van der Waals surface area contributed by atoms with Crippen LogP contribution in [0.15, 0.2) is 66.7 Å². The van der Waals surface area contributed by atoms with E-state index in [9.17, 15) is 69.6 Å². The van der Waals surface area contributed by atoms with Gasteiger partial charge in [0.2, 0.25) is 35.4 Å². The van der Waals surface area contributed by atoms with Gasteiger partial charge in [-0.1, -0.05) is 90.8 Å². The van der Waals surface area contributed by atoms with E-state index >= 15 is 9.59 Å². The first kappa shape index (κ1) is 79.0. The minimum atomic E-state index is -2.17. The van der Waals surface area contributed by atoms with Gasteiger partial charge in [-0.25, -0.2) is 5.26 Å². The smallest absolute Gasteiger partial charge is 0.320 e. The molecule has 4 aliphatic heterocycles. The Morgan fingerprint density at radius 2 is 1.38 bits per heavy atom. The number of carboxylic acid groups (broad SMARTS) is 1. The maximum absolute atomic E-state index is 15.3. The third kappa shape index (κ3) is 21.9. The molecule has 0 bridgehead atoms. The number of nitrogens with zero attached hydrogens (tertiary/aromatic N) is 5. The Bertz CT molecular complexity index is 3410. The highest BCUT2D eigenvalue weighted by Crippen LogP contribution is 2.34. The third-order valence-corrected chi connectivity index (χ3v) is 19.8. The van der Waals surface area contributed by atoms with E-state index in [1.807, 2.05) is 24.3 Å². The molecule has 0 spiro atoms. The van der Waals surface area contributed by atoms with E-state index < -0.39 is 170 Å². The van der Waals surface area contributed by atoms with Crippen molar-refractivity contribution >= 4 is 71.0 Å². The van der Waals surface area contributed by atoms with Crippen molar-refractivity contribution in [3.63, 3.8) is 0 Å². The van der Waals surface area contributed by atoms with E-state index in [1.165, 1.54) is 42.5 Å². The topological polar surface area (TPSA) is 460 Å². The molecule has 4 aliphatic rings. The van der Waals surface area contributed by atoms with Gasteiger partial charge in [-0.05, 0) is 99.7 Å². The van der Waals surface area contributed by atoms with Gasteiger partial charge in [-0.3, -0.25) is 43.3 Å². The Hall–Kier alpha value is -7.71. The SMILES string of the molecule is COCCCCCCCOc1ccc(-c2nnc(-c3ccc(C(=O)N[C@H]4C[C@H](O)CNC(=O)[C@@H]5[C@@H](O)[C@H](C)CN5C(=O)[C@H]([C@H](O)CCN5CCCCCCCC5C(=O)O)NC(=O)[C@H]([C@H](O)Cc5ccc(O)c(OSOOO)c5)NC(=O)[C@@H]5C[C@@H](O)CN5C(=O)[C@H]([C@H](C)O)NC4=O)cc3)s2)cc1. The van der Waals surface area contributed by atoms with Crippen molar-refractivity contribution in [2.24, 2.45) is 5.92 Å². The monoisotopic (exact) mass is 1450 g/mol. The highest BCUT2D eigenvalue weighted by molar-refractivity contribution is 7.90. The van der Waals surface area contributed by atoms with E-state index in [4.69, 9.17) is 18.9 Å². The van der Waals surface area contributed by atoms with Crippen molar-refractivity contribution < 1.29 is 107 Å². The maximum Gasteiger partial charge on any atom is 0.320 e. The molecule has 0 saturated carbocycles. The number of phenols is 1. The number of hydrogen-bond donors (Lipinski definition) is 14. The number of fused-ring (bicyclic) bond motifs is 2. The molecule has 0 radical (unpaired) electrons. The second-order valence-electron chi connectivity index (χ2n) is 26.0. The van der Waals surface area contributed by atoms with Gasteiger partial charge in [0.15, 0.2) is 11.5 Å². The lowest BCUT2D eigenvalue weighted by Crippen LogP contribution is -2.64. The van der Waals surface area contributed by atoms with Crippen LogP contribution in [0, 0.1) is 5.92 Å². The van der Waals surface area contributed by atoms with E-state index in [0.29, 0.717) is 47.3 Å². The molecule has 14 atom stereocenters. The molecule has 4 aromatic rings. The molecule has 14 N–H and O–H groups in total. The van der Waals surface area contributed by atoms with Crippen LogP contribution in [0.1, 0.15) is 120 Å². The lowest BCUT2D eigenvalue weighted by molar-refractivity contribution is -0.433. The Kier molecular flexibility index (Phi) is 30.1. The summed E-state index contributed by atoms with van der Waals surface area (Å²) in [4.78, 5) is 120. The highest BCUT2D eigenvalue weighted by Gasteiger charge is 2.50. The first-order valence-corrected chi connectivity index (χ1v) is 35.4. The molecule has 7 amide bonds. The molecule has 101 heavy (non-hydrogen) atoms. The van der Waals surface area contributed by atoms with E-state index in [1.54, 1.807) is 24.1 Å². The van der Waals surface area contributed by atoms with Crippen LogP contribution in [0.4, 0.5) is 0 Å². The van der Waals surface area contributed by atoms with Crippen molar-refractivity contribution in [1.29, 1.82) is 0 Å². The number of aromatic hydroxyl groups is 1. The molecular formula is C67H92N10O22S2. The number of aliphatic carboxylic acids is 1. The zero-order valence-corrected chi connectivity index (χ0v) is 58.0. The van der Waals surface area contributed by atoms with Crippen LogP contribution in [0.5, 0.6) is 17.2 Å².